The van der Waals surface area contributed by atoms with Crippen molar-refractivity contribution in [2.24, 2.45) is 4.99 Å². The van der Waals surface area contributed by atoms with Gasteiger partial charge in [-0.15, -0.1) is 0 Å². The molecule has 1 aliphatic carbocycles. The topological polar surface area (TPSA) is 41.5 Å². The number of aliphatic imine (C=N–C) groups is 1. The standard InChI is InChI=1S/C27H26N2OS/c1-16-11-12-17(2)26-25(16)18(3)28-23-15-20(13-14-24(23)31-26)27(30)29-22-10-6-8-19-7-4-5-9-21(19)22/h4-5,7,9,11-15,22H,6,8,10H2,1-3H3,(H,29,30). The number of carbonyl (C=O) groups is 1. The fourth-order valence-electron chi connectivity index (χ4n) is 4.69. The third kappa shape index (κ3) is 3.70. The fraction of sp³-hybridized carbons (Fsp3) is 0.259. The number of carbonyl (C=O) groups excluding carboxylic acids is 1. The molecule has 1 N–H and O–H groups in total. The van der Waals surface area contributed by atoms with E-state index >= 15 is 0 Å². The zero-order chi connectivity index (χ0) is 21.5. The monoisotopic (exact) mass is 426 g/mol. The number of fused-ring (bicyclic) bond motifs is 3. The molecule has 5 rings (SSSR count). The first-order chi connectivity index (χ1) is 15.0. The van der Waals surface area contributed by atoms with Gasteiger partial charge in [-0.05, 0) is 80.5 Å². The van der Waals surface area contributed by atoms with E-state index in [1.807, 2.05) is 18.2 Å². The van der Waals surface area contributed by atoms with Gasteiger partial charge in [0.2, 0.25) is 0 Å². The number of aryl methyl sites for hydroxylation is 3. The van der Waals surface area contributed by atoms with E-state index in [4.69, 9.17) is 4.99 Å². The number of rotatable bonds is 2. The van der Waals surface area contributed by atoms with E-state index in [2.05, 4.69) is 62.5 Å². The molecule has 1 atom stereocenters. The van der Waals surface area contributed by atoms with Crippen molar-refractivity contribution in [2.45, 2.75) is 55.9 Å². The van der Waals surface area contributed by atoms with E-state index in [1.54, 1.807) is 11.8 Å². The minimum atomic E-state index is -0.0310. The van der Waals surface area contributed by atoms with Crippen molar-refractivity contribution in [3.63, 3.8) is 0 Å². The van der Waals surface area contributed by atoms with Gasteiger partial charge in [0.05, 0.1) is 11.7 Å². The highest BCUT2D eigenvalue weighted by Crippen LogP contribution is 2.43. The Balaban J connectivity index is 1.46. The third-order valence-corrected chi connectivity index (χ3v) is 7.62. The van der Waals surface area contributed by atoms with E-state index in [0.717, 1.165) is 35.6 Å². The molecule has 0 spiro atoms. The fourth-order valence-corrected chi connectivity index (χ4v) is 5.90. The van der Waals surface area contributed by atoms with Gasteiger partial charge >= 0.3 is 0 Å². The normalized spacial score (nSPS) is 17.0. The summed E-state index contributed by atoms with van der Waals surface area (Å²) in [6.07, 6.45) is 3.17. The van der Waals surface area contributed by atoms with Crippen molar-refractivity contribution < 1.29 is 4.79 Å². The summed E-state index contributed by atoms with van der Waals surface area (Å²) in [6.45, 7) is 6.34. The van der Waals surface area contributed by atoms with Gasteiger partial charge in [0.15, 0.2) is 0 Å². The summed E-state index contributed by atoms with van der Waals surface area (Å²) in [7, 11) is 0. The van der Waals surface area contributed by atoms with Gasteiger partial charge in [-0.25, -0.2) is 0 Å². The molecule has 0 fully saturated rings. The van der Waals surface area contributed by atoms with Crippen molar-refractivity contribution in [3.05, 3.63) is 88.0 Å². The Morgan fingerprint density at radius 1 is 1.03 bits per heavy atom. The number of hydrogen-bond acceptors (Lipinski definition) is 3. The van der Waals surface area contributed by atoms with E-state index < -0.39 is 0 Å². The van der Waals surface area contributed by atoms with E-state index in [9.17, 15) is 4.79 Å². The summed E-state index contributed by atoms with van der Waals surface area (Å²) in [5.74, 6) is -0.0310. The van der Waals surface area contributed by atoms with Gasteiger partial charge in [0, 0.05) is 26.6 Å². The molecule has 0 bridgehead atoms. The van der Waals surface area contributed by atoms with Gasteiger partial charge in [-0.3, -0.25) is 9.79 Å². The van der Waals surface area contributed by atoms with Crippen LogP contribution in [-0.2, 0) is 6.42 Å². The average Bonchev–Trinajstić information content (AvgIpc) is 2.92. The van der Waals surface area contributed by atoms with Crippen LogP contribution in [0.1, 0.15) is 64.0 Å². The Kier molecular flexibility index (Phi) is 5.19. The number of benzene rings is 3. The zero-order valence-corrected chi connectivity index (χ0v) is 19.0. The summed E-state index contributed by atoms with van der Waals surface area (Å²) in [5, 5.41) is 3.27. The number of amides is 1. The summed E-state index contributed by atoms with van der Waals surface area (Å²) in [5.41, 5.74) is 8.84. The maximum absolute atomic E-state index is 13.1. The molecule has 3 aromatic rings. The molecule has 3 aromatic carbocycles. The van der Waals surface area contributed by atoms with Crippen molar-refractivity contribution in [2.75, 3.05) is 0 Å². The molecule has 3 nitrogen and oxygen atoms in total. The van der Waals surface area contributed by atoms with Crippen LogP contribution in [0.15, 0.2) is 69.4 Å². The molecule has 1 unspecified atom stereocenters. The van der Waals surface area contributed by atoms with Gasteiger partial charge in [-0.1, -0.05) is 48.2 Å². The molecule has 0 saturated heterocycles. The van der Waals surface area contributed by atoms with Crippen LogP contribution >= 0.6 is 11.8 Å². The summed E-state index contributed by atoms with van der Waals surface area (Å²) in [4.78, 5) is 20.4. The first-order valence-corrected chi connectivity index (χ1v) is 11.7. The summed E-state index contributed by atoms with van der Waals surface area (Å²) in [6, 6.07) is 18.8. The lowest BCUT2D eigenvalue weighted by Gasteiger charge is -2.26. The molecule has 2 aliphatic rings. The lowest BCUT2D eigenvalue weighted by Crippen LogP contribution is -2.30. The molecule has 0 aromatic heterocycles. The van der Waals surface area contributed by atoms with E-state index in [-0.39, 0.29) is 11.9 Å². The smallest absolute Gasteiger partial charge is 0.251 e. The Labute approximate surface area is 188 Å². The zero-order valence-electron chi connectivity index (χ0n) is 18.2. The molecular weight excluding hydrogens is 400 g/mol. The van der Waals surface area contributed by atoms with Crippen molar-refractivity contribution in [3.8, 4) is 0 Å². The molecule has 31 heavy (non-hydrogen) atoms. The van der Waals surface area contributed by atoms with Gasteiger partial charge in [0.25, 0.3) is 5.91 Å². The summed E-state index contributed by atoms with van der Waals surface area (Å²) < 4.78 is 0. The Morgan fingerprint density at radius 2 is 1.84 bits per heavy atom. The highest BCUT2D eigenvalue weighted by Gasteiger charge is 2.23. The molecule has 4 heteroatoms. The van der Waals surface area contributed by atoms with Crippen LogP contribution in [0.4, 0.5) is 5.69 Å². The first kappa shape index (κ1) is 20.1. The average molecular weight is 427 g/mol. The predicted octanol–water partition coefficient (Wildman–Crippen LogP) is 6.72. The Morgan fingerprint density at radius 3 is 2.71 bits per heavy atom. The maximum atomic E-state index is 13.1. The molecule has 1 heterocycles. The predicted molar refractivity (Wildman–Crippen MR) is 128 cm³/mol. The lowest BCUT2D eigenvalue weighted by molar-refractivity contribution is 0.0932. The van der Waals surface area contributed by atoms with Crippen LogP contribution in [-0.4, -0.2) is 11.6 Å². The second-order valence-electron chi connectivity index (χ2n) is 8.50. The molecule has 156 valence electrons. The minimum absolute atomic E-state index is 0.0310. The second kappa shape index (κ2) is 8.01. The molecule has 0 radical (unpaired) electrons. The first-order valence-electron chi connectivity index (χ1n) is 10.9. The number of nitrogens with zero attached hydrogens (tertiary/aromatic N) is 1. The molecule has 1 amide bonds. The highest BCUT2D eigenvalue weighted by molar-refractivity contribution is 7.99. The van der Waals surface area contributed by atoms with Crippen molar-refractivity contribution in [1.82, 2.24) is 5.32 Å². The molecule has 1 aliphatic heterocycles. The van der Waals surface area contributed by atoms with E-state index in [1.165, 1.54) is 32.7 Å². The van der Waals surface area contributed by atoms with Crippen LogP contribution in [0, 0.1) is 13.8 Å². The maximum Gasteiger partial charge on any atom is 0.251 e. The van der Waals surface area contributed by atoms with Crippen LogP contribution in [0.5, 0.6) is 0 Å². The number of nitrogens with one attached hydrogen (secondary N) is 1. The van der Waals surface area contributed by atoms with Crippen LogP contribution in [0.25, 0.3) is 0 Å². The Hall–Kier alpha value is -2.85. The highest BCUT2D eigenvalue weighted by atomic mass is 32.2. The van der Waals surface area contributed by atoms with Crippen molar-refractivity contribution in [1.29, 1.82) is 0 Å². The van der Waals surface area contributed by atoms with E-state index in [0.29, 0.717) is 5.56 Å². The number of hydrogen-bond donors (Lipinski definition) is 1. The SMILES string of the molecule is CC1=Nc2cc(C(=O)NC3CCCc4ccccc43)ccc2Sc2c(C)ccc(C)c21. The van der Waals surface area contributed by atoms with Crippen LogP contribution in [0.2, 0.25) is 0 Å². The van der Waals surface area contributed by atoms with Gasteiger partial charge < -0.3 is 5.32 Å². The van der Waals surface area contributed by atoms with Gasteiger partial charge in [0.1, 0.15) is 0 Å². The Bertz CT molecular complexity index is 1230. The molecular formula is C27H26N2OS. The van der Waals surface area contributed by atoms with Crippen LogP contribution in [0.3, 0.4) is 0 Å². The third-order valence-electron chi connectivity index (χ3n) is 6.32. The lowest BCUT2D eigenvalue weighted by atomic mass is 9.87. The minimum Gasteiger partial charge on any atom is -0.345 e. The molecule has 0 saturated carbocycles. The largest absolute Gasteiger partial charge is 0.345 e. The summed E-state index contributed by atoms with van der Waals surface area (Å²) >= 11 is 1.75. The van der Waals surface area contributed by atoms with Crippen LogP contribution < -0.4 is 5.32 Å². The second-order valence-corrected chi connectivity index (χ2v) is 9.55. The van der Waals surface area contributed by atoms with Gasteiger partial charge in [-0.2, -0.15) is 0 Å². The van der Waals surface area contributed by atoms with Crippen molar-refractivity contribution >= 4 is 29.1 Å². The quantitative estimate of drug-likeness (QED) is 0.494.